The van der Waals surface area contributed by atoms with Crippen LogP contribution in [0.1, 0.15) is 46.6 Å². The van der Waals surface area contributed by atoms with Gasteiger partial charge in [0.15, 0.2) is 0 Å². The summed E-state index contributed by atoms with van der Waals surface area (Å²) in [6, 6.07) is 3.96. The molecule has 18 heavy (non-hydrogen) atoms. The SMILES string of the molecule is CC(C)(C)CC(C)(C)NCc1c(F)cccc1F. The highest BCUT2D eigenvalue weighted by Crippen LogP contribution is 2.27. The number of halogens is 2. The van der Waals surface area contributed by atoms with Crippen LogP contribution in [0.3, 0.4) is 0 Å². The molecule has 0 aliphatic rings. The van der Waals surface area contributed by atoms with E-state index in [2.05, 4.69) is 39.9 Å². The van der Waals surface area contributed by atoms with E-state index in [1.54, 1.807) is 0 Å². The fourth-order valence-corrected chi connectivity index (χ4v) is 2.42. The first-order chi connectivity index (χ1) is 8.11. The van der Waals surface area contributed by atoms with Crippen molar-refractivity contribution in [2.24, 2.45) is 5.41 Å². The topological polar surface area (TPSA) is 12.0 Å². The van der Waals surface area contributed by atoms with Gasteiger partial charge in [0.1, 0.15) is 11.6 Å². The van der Waals surface area contributed by atoms with Crippen LogP contribution in [-0.4, -0.2) is 5.54 Å². The van der Waals surface area contributed by atoms with Gasteiger partial charge < -0.3 is 5.32 Å². The van der Waals surface area contributed by atoms with Gasteiger partial charge in [-0.15, -0.1) is 0 Å². The summed E-state index contributed by atoms with van der Waals surface area (Å²) < 4.78 is 27.0. The van der Waals surface area contributed by atoms with E-state index in [0.29, 0.717) is 0 Å². The Balaban J connectivity index is 2.70. The molecule has 1 N–H and O–H groups in total. The van der Waals surface area contributed by atoms with Crippen molar-refractivity contribution in [2.75, 3.05) is 0 Å². The van der Waals surface area contributed by atoms with Gasteiger partial charge in [-0.1, -0.05) is 26.8 Å². The molecule has 0 atom stereocenters. The predicted molar refractivity (Wildman–Crippen MR) is 71.3 cm³/mol. The summed E-state index contributed by atoms with van der Waals surface area (Å²) in [5, 5.41) is 3.23. The van der Waals surface area contributed by atoms with Crippen LogP contribution in [0.15, 0.2) is 18.2 Å². The second-order valence-electron chi connectivity index (χ2n) is 6.68. The van der Waals surface area contributed by atoms with Crippen molar-refractivity contribution in [3.63, 3.8) is 0 Å². The summed E-state index contributed by atoms with van der Waals surface area (Å²) in [4.78, 5) is 0. The molecule has 0 bridgehead atoms. The van der Waals surface area contributed by atoms with Gasteiger partial charge in [-0.25, -0.2) is 8.78 Å². The molecule has 0 fully saturated rings. The zero-order chi connectivity index (χ0) is 14.0. The zero-order valence-electron chi connectivity index (χ0n) is 11.9. The number of nitrogens with one attached hydrogen (secondary N) is 1. The molecule has 1 nitrogen and oxygen atoms in total. The summed E-state index contributed by atoms with van der Waals surface area (Å²) in [6.07, 6.45) is 0.927. The third-order valence-corrected chi connectivity index (χ3v) is 2.78. The van der Waals surface area contributed by atoms with Crippen LogP contribution in [0.25, 0.3) is 0 Å². The van der Waals surface area contributed by atoms with Crippen molar-refractivity contribution >= 4 is 0 Å². The van der Waals surface area contributed by atoms with Gasteiger partial charge in [0.05, 0.1) is 0 Å². The lowest BCUT2D eigenvalue weighted by Crippen LogP contribution is -2.42. The van der Waals surface area contributed by atoms with Gasteiger partial charge >= 0.3 is 0 Å². The molecule has 0 radical (unpaired) electrons. The Kier molecular flexibility index (Phi) is 4.49. The van der Waals surface area contributed by atoms with Crippen LogP contribution in [0.4, 0.5) is 8.78 Å². The third kappa shape index (κ3) is 4.73. The van der Waals surface area contributed by atoms with Crippen molar-refractivity contribution in [2.45, 2.75) is 53.1 Å². The molecular formula is C15H23F2N. The maximum absolute atomic E-state index is 13.5. The second kappa shape index (κ2) is 5.35. The van der Waals surface area contributed by atoms with Crippen LogP contribution >= 0.6 is 0 Å². The smallest absolute Gasteiger partial charge is 0.130 e. The Morgan fingerprint density at radius 1 is 1.00 bits per heavy atom. The molecule has 0 spiro atoms. The van der Waals surface area contributed by atoms with Crippen LogP contribution < -0.4 is 5.32 Å². The van der Waals surface area contributed by atoms with Gasteiger partial charge in [0, 0.05) is 17.6 Å². The summed E-state index contributed by atoms with van der Waals surface area (Å²) >= 11 is 0. The van der Waals surface area contributed by atoms with Gasteiger partial charge in [-0.05, 0) is 37.8 Å². The molecule has 0 heterocycles. The van der Waals surface area contributed by atoms with Crippen LogP contribution in [0.5, 0.6) is 0 Å². The Morgan fingerprint density at radius 3 is 1.94 bits per heavy atom. The van der Waals surface area contributed by atoms with E-state index in [4.69, 9.17) is 0 Å². The fourth-order valence-electron chi connectivity index (χ4n) is 2.42. The maximum Gasteiger partial charge on any atom is 0.130 e. The lowest BCUT2D eigenvalue weighted by molar-refractivity contribution is 0.239. The molecule has 0 aromatic heterocycles. The van der Waals surface area contributed by atoms with Crippen molar-refractivity contribution in [1.29, 1.82) is 0 Å². The summed E-state index contributed by atoms with van der Waals surface area (Å²) in [5.74, 6) is -0.983. The largest absolute Gasteiger partial charge is 0.308 e. The molecule has 102 valence electrons. The first-order valence-electron chi connectivity index (χ1n) is 6.29. The monoisotopic (exact) mass is 255 g/mol. The average Bonchev–Trinajstić information content (AvgIpc) is 2.12. The molecule has 1 aromatic rings. The van der Waals surface area contributed by atoms with E-state index in [1.807, 2.05) is 0 Å². The lowest BCUT2D eigenvalue weighted by atomic mass is 9.82. The van der Waals surface area contributed by atoms with E-state index in [-0.39, 0.29) is 23.1 Å². The molecule has 0 aliphatic heterocycles. The van der Waals surface area contributed by atoms with Crippen LogP contribution in [0.2, 0.25) is 0 Å². The van der Waals surface area contributed by atoms with Gasteiger partial charge in [0.2, 0.25) is 0 Å². The minimum atomic E-state index is -0.492. The van der Waals surface area contributed by atoms with Gasteiger partial charge in [-0.3, -0.25) is 0 Å². The summed E-state index contributed by atoms with van der Waals surface area (Å²) in [7, 11) is 0. The zero-order valence-corrected chi connectivity index (χ0v) is 11.9. The molecule has 0 aliphatic carbocycles. The normalized spacial score (nSPS) is 12.8. The highest BCUT2D eigenvalue weighted by atomic mass is 19.1. The molecule has 1 rings (SSSR count). The fraction of sp³-hybridized carbons (Fsp3) is 0.600. The van der Waals surface area contributed by atoms with Crippen LogP contribution in [0, 0.1) is 17.0 Å². The Hall–Kier alpha value is -0.960. The van der Waals surface area contributed by atoms with E-state index < -0.39 is 11.6 Å². The molecule has 0 amide bonds. The van der Waals surface area contributed by atoms with Crippen molar-refractivity contribution in [3.05, 3.63) is 35.4 Å². The molecule has 0 saturated carbocycles. The van der Waals surface area contributed by atoms with Gasteiger partial charge in [0.25, 0.3) is 0 Å². The molecule has 0 unspecified atom stereocenters. The van der Waals surface area contributed by atoms with E-state index in [0.717, 1.165) is 6.42 Å². The minimum Gasteiger partial charge on any atom is -0.308 e. The van der Waals surface area contributed by atoms with Crippen molar-refractivity contribution in [1.82, 2.24) is 5.32 Å². The number of rotatable bonds is 4. The second-order valence-corrected chi connectivity index (χ2v) is 6.68. The van der Waals surface area contributed by atoms with Crippen LogP contribution in [-0.2, 0) is 6.54 Å². The molecule has 0 saturated heterocycles. The average molecular weight is 255 g/mol. The Morgan fingerprint density at radius 2 is 1.50 bits per heavy atom. The Bertz CT molecular complexity index is 385. The number of benzene rings is 1. The number of hydrogen-bond donors (Lipinski definition) is 1. The minimum absolute atomic E-state index is 0.111. The van der Waals surface area contributed by atoms with Crippen molar-refractivity contribution < 1.29 is 8.78 Å². The first-order valence-corrected chi connectivity index (χ1v) is 6.29. The van der Waals surface area contributed by atoms with E-state index in [1.165, 1.54) is 18.2 Å². The highest BCUT2D eigenvalue weighted by molar-refractivity contribution is 5.19. The quantitative estimate of drug-likeness (QED) is 0.847. The third-order valence-electron chi connectivity index (χ3n) is 2.78. The Labute approximate surface area is 109 Å². The number of hydrogen-bond acceptors (Lipinski definition) is 1. The summed E-state index contributed by atoms with van der Waals surface area (Å²) in [6.45, 7) is 10.8. The van der Waals surface area contributed by atoms with E-state index in [9.17, 15) is 8.78 Å². The standard InChI is InChI=1S/C15H23F2N/c1-14(2,3)10-15(4,5)18-9-11-12(16)7-6-8-13(11)17/h6-8,18H,9-10H2,1-5H3. The van der Waals surface area contributed by atoms with Gasteiger partial charge in [-0.2, -0.15) is 0 Å². The summed E-state index contributed by atoms with van der Waals surface area (Å²) in [5.41, 5.74) is 0.122. The molecule has 3 heteroatoms. The van der Waals surface area contributed by atoms with Crippen molar-refractivity contribution in [3.8, 4) is 0 Å². The molecule has 1 aromatic carbocycles. The first kappa shape index (κ1) is 15.1. The highest BCUT2D eigenvalue weighted by Gasteiger charge is 2.25. The lowest BCUT2D eigenvalue weighted by Gasteiger charge is -2.33. The predicted octanol–water partition coefficient (Wildman–Crippen LogP) is 4.27. The van der Waals surface area contributed by atoms with E-state index >= 15 is 0 Å². The maximum atomic E-state index is 13.5. The molecular weight excluding hydrogens is 232 g/mol.